The van der Waals surface area contributed by atoms with Crippen LogP contribution in [0.1, 0.15) is 12.0 Å². The molecule has 0 fully saturated rings. The average molecular weight is 180 g/mol. The predicted molar refractivity (Wildman–Crippen MR) is 52.4 cm³/mol. The molecule has 1 aromatic rings. The molecule has 1 atom stereocenters. The molecular formula is C10H16N2O. The second kappa shape index (κ2) is 5.67. The molecule has 0 radical (unpaired) electrons. The number of nitrogens with two attached hydrogens (primary N) is 1. The van der Waals surface area contributed by atoms with E-state index >= 15 is 0 Å². The molecule has 0 amide bonds. The van der Waals surface area contributed by atoms with E-state index < -0.39 is 0 Å². The molecule has 1 heterocycles. The number of methoxy groups -OCH3 is 1. The number of hydrogen-bond acceptors (Lipinski definition) is 3. The molecule has 0 saturated heterocycles. The van der Waals surface area contributed by atoms with Crippen LogP contribution in [0.15, 0.2) is 24.5 Å². The van der Waals surface area contributed by atoms with Gasteiger partial charge in [0, 0.05) is 25.5 Å². The van der Waals surface area contributed by atoms with Crippen molar-refractivity contribution in [1.29, 1.82) is 0 Å². The van der Waals surface area contributed by atoms with Crippen LogP contribution >= 0.6 is 0 Å². The minimum atomic E-state index is 0.137. The van der Waals surface area contributed by atoms with Gasteiger partial charge in [-0.15, -0.1) is 0 Å². The number of pyridine rings is 1. The monoisotopic (exact) mass is 180 g/mol. The molecule has 0 bridgehead atoms. The first kappa shape index (κ1) is 10.2. The van der Waals surface area contributed by atoms with Gasteiger partial charge in [0.15, 0.2) is 0 Å². The zero-order valence-corrected chi connectivity index (χ0v) is 7.94. The summed E-state index contributed by atoms with van der Waals surface area (Å²) in [5.74, 6) is 0. The van der Waals surface area contributed by atoms with Crippen molar-refractivity contribution in [3.8, 4) is 0 Å². The molecule has 13 heavy (non-hydrogen) atoms. The minimum Gasteiger partial charge on any atom is -0.383 e. The van der Waals surface area contributed by atoms with Crippen molar-refractivity contribution in [3.63, 3.8) is 0 Å². The second-order valence-corrected chi connectivity index (χ2v) is 3.11. The predicted octanol–water partition coefficient (Wildman–Crippen LogP) is 0.988. The summed E-state index contributed by atoms with van der Waals surface area (Å²) < 4.78 is 4.95. The Balaban J connectivity index is 2.27. The molecule has 3 nitrogen and oxygen atoms in total. The molecular weight excluding hydrogens is 164 g/mol. The molecule has 2 N–H and O–H groups in total. The molecule has 1 unspecified atom stereocenters. The van der Waals surface area contributed by atoms with Crippen molar-refractivity contribution in [3.05, 3.63) is 30.1 Å². The molecule has 0 aliphatic rings. The highest BCUT2D eigenvalue weighted by Gasteiger charge is 2.01. The largest absolute Gasteiger partial charge is 0.383 e. The van der Waals surface area contributed by atoms with Crippen molar-refractivity contribution in [2.24, 2.45) is 5.73 Å². The maximum Gasteiger partial charge on any atom is 0.0613 e. The van der Waals surface area contributed by atoms with Gasteiger partial charge in [0.2, 0.25) is 0 Å². The Morgan fingerprint density at radius 1 is 1.46 bits per heavy atom. The zero-order valence-electron chi connectivity index (χ0n) is 7.94. The van der Waals surface area contributed by atoms with Crippen LogP contribution in [-0.4, -0.2) is 24.7 Å². The highest BCUT2D eigenvalue weighted by atomic mass is 16.5. The fourth-order valence-corrected chi connectivity index (χ4v) is 1.20. The van der Waals surface area contributed by atoms with E-state index in [4.69, 9.17) is 10.5 Å². The van der Waals surface area contributed by atoms with Crippen molar-refractivity contribution >= 4 is 0 Å². The van der Waals surface area contributed by atoms with Gasteiger partial charge in [-0.25, -0.2) is 0 Å². The van der Waals surface area contributed by atoms with E-state index in [-0.39, 0.29) is 6.04 Å². The maximum absolute atomic E-state index is 5.79. The molecule has 0 saturated carbocycles. The lowest BCUT2D eigenvalue weighted by Crippen LogP contribution is -2.26. The Labute approximate surface area is 78.9 Å². The molecule has 0 spiro atoms. The summed E-state index contributed by atoms with van der Waals surface area (Å²) in [5, 5.41) is 0. The molecule has 3 heteroatoms. The van der Waals surface area contributed by atoms with E-state index in [0.29, 0.717) is 6.61 Å². The van der Waals surface area contributed by atoms with Gasteiger partial charge in [0.25, 0.3) is 0 Å². The van der Waals surface area contributed by atoms with E-state index in [1.54, 1.807) is 19.5 Å². The topological polar surface area (TPSA) is 48.1 Å². The van der Waals surface area contributed by atoms with E-state index in [1.807, 2.05) is 12.1 Å². The molecule has 72 valence electrons. The molecule has 0 aliphatic heterocycles. The van der Waals surface area contributed by atoms with Crippen LogP contribution < -0.4 is 5.73 Å². The number of aromatic nitrogens is 1. The van der Waals surface area contributed by atoms with Crippen LogP contribution in [0, 0.1) is 0 Å². The van der Waals surface area contributed by atoms with Crippen LogP contribution in [0.3, 0.4) is 0 Å². The van der Waals surface area contributed by atoms with Crippen LogP contribution in [0.25, 0.3) is 0 Å². The summed E-state index contributed by atoms with van der Waals surface area (Å²) in [6, 6.07) is 4.16. The van der Waals surface area contributed by atoms with Gasteiger partial charge in [-0.2, -0.15) is 0 Å². The highest BCUT2D eigenvalue weighted by Crippen LogP contribution is 2.02. The van der Waals surface area contributed by atoms with Crippen LogP contribution in [0.5, 0.6) is 0 Å². The maximum atomic E-state index is 5.79. The fourth-order valence-electron chi connectivity index (χ4n) is 1.20. The number of hydrogen-bond donors (Lipinski definition) is 1. The zero-order chi connectivity index (χ0) is 9.52. The Morgan fingerprint density at radius 2 is 2.15 bits per heavy atom. The second-order valence-electron chi connectivity index (χ2n) is 3.11. The summed E-state index contributed by atoms with van der Waals surface area (Å²) in [6.45, 7) is 0.630. The van der Waals surface area contributed by atoms with Gasteiger partial charge in [-0.3, -0.25) is 4.98 Å². The fraction of sp³-hybridized carbons (Fsp3) is 0.500. The third-order valence-electron chi connectivity index (χ3n) is 1.93. The lowest BCUT2D eigenvalue weighted by molar-refractivity contribution is 0.177. The first-order valence-corrected chi connectivity index (χ1v) is 4.46. The Morgan fingerprint density at radius 3 is 2.77 bits per heavy atom. The minimum absolute atomic E-state index is 0.137. The lowest BCUT2D eigenvalue weighted by atomic mass is 10.1. The summed E-state index contributed by atoms with van der Waals surface area (Å²) in [5.41, 5.74) is 7.07. The van der Waals surface area contributed by atoms with Crippen LogP contribution in [-0.2, 0) is 11.2 Å². The van der Waals surface area contributed by atoms with Crippen LogP contribution in [0.2, 0.25) is 0 Å². The third kappa shape index (κ3) is 4.01. The first-order chi connectivity index (χ1) is 6.33. The molecule has 0 aliphatic carbocycles. The highest BCUT2D eigenvalue weighted by molar-refractivity contribution is 5.09. The van der Waals surface area contributed by atoms with Gasteiger partial charge in [0.05, 0.1) is 6.61 Å². The van der Waals surface area contributed by atoms with Crippen molar-refractivity contribution in [2.45, 2.75) is 18.9 Å². The van der Waals surface area contributed by atoms with Gasteiger partial charge in [-0.1, -0.05) is 0 Å². The van der Waals surface area contributed by atoms with E-state index in [2.05, 4.69) is 4.98 Å². The lowest BCUT2D eigenvalue weighted by Gasteiger charge is -2.09. The summed E-state index contributed by atoms with van der Waals surface area (Å²) >= 11 is 0. The number of nitrogens with zero attached hydrogens (tertiary/aromatic N) is 1. The summed E-state index contributed by atoms with van der Waals surface area (Å²) in [6.07, 6.45) is 5.55. The van der Waals surface area contributed by atoms with E-state index in [1.165, 1.54) is 5.56 Å². The SMILES string of the molecule is COCC(N)CCc1ccncc1. The number of rotatable bonds is 5. The van der Waals surface area contributed by atoms with E-state index in [0.717, 1.165) is 12.8 Å². The van der Waals surface area contributed by atoms with Gasteiger partial charge in [0.1, 0.15) is 0 Å². The molecule has 1 rings (SSSR count). The van der Waals surface area contributed by atoms with Gasteiger partial charge in [-0.05, 0) is 30.5 Å². The Bertz CT molecular complexity index is 226. The van der Waals surface area contributed by atoms with Crippen LogP contribution in [0.4, 0.5) is 0 Å². The van der Waals surface area contributed by atoms with Crippen molar-refractivity contribution < 1.29 is 4.74 Å². The smallest absolute Gasteiger partial charge is 0.0613 e. The summed E-state index contributed by atoms with van der Waals surface area (Å²) in [4.78, 5) is 3.95. The normalized spacial score (nSPS) is 12.8. The van der Waals surface area contributed by atoms with Crippen molar-refractivity contribution in [2.75, 3.05) is 13.7 Å². The molecule has 0 aromatic carbocycles. The number of aryl methyl sites for hydroxylation is 1. The Kier molecular flexibility index (Phi) is 4.43. The quantitative estimate of drug-likeness (QED) is 0.735. The molecule has 1 aromatic heterocycles. The average Bonchev–Trinajstić information content (AvgIpc) is 2.17. The standard InChI is InChI=1S/C10H16N2O/c1-13-8-10(11)3-2-9-4-6-12-7-5-9/h4-7,10H,2-3,8,11H2,1H3. The third-order valence-corrected chi connectivity index (χ3v) is 1.93. The summed E-state index contributed by atoms with van der Waals surface area (Å²) in [7, 11) is 1.67. The van der Waals surface area contributed by atoms with E-state index in [9.17, 15) is 0 Å². The van der Waals surface area contributed by atoms with Gasteiger partial charge < -0.3 is 10.5 Å². The van der Waals surface area contributed by atoms with Crippen molar-refractivity contribution in [1.82, 2.24) is 4.98 Å². The first-order valence-electron chi connectivity index (χ1n) is 4.46. The number of ether oxygens (including phenoxy) is 1. The Hall–Kier alpha value is -0.930. The van der Waals surface area contributed by atoms with Gasteiger partial charge >= 0.3 is 0 Å².